The Labute approximate surface area is 136 Å². The van der Waals surface area contributed by atoms with Crippen LogP contribution in [-0.4, -0.2) is 40.0 Å². The van der Waals surface area contributed by atoms with Crippen molar-refractivity contribution in [1.29, 1.82) is 0 Å². The van der Waals surface area contributed by atoms with Crippen molar-refractivity contribution in [2.75, 3.05) is 13.6 Å². The van der Waals surface area contributed by atoms with E-state index in [0.717, 1.165) is 23.0 Å². The van der Waals surface area contributed by atoms with Gasteiger partial charge in [0.15, 0.2) is 0 Å². The molecule has 1 amide bonds. The van der Waals surface area contributed by atoms with Crippen LogP contribution in [0.25, 0.3) is 10.9 Å². The van der Waals surface area contributed by atoms with Crippen LogP contribution in [0.3, 0.4) is 0 Å². The summed E-state index contributed by atoms with van der Waals surface area (Å²) in [6.07, 6.45) is 0.407. The van der Waals surface area contributed by atoms with Gasteiger partial charge in [0.2, 0.25) is 0 Å². The number of carbonyl (C=O) groups is 1. The SMILES string of the molecule is Cc1nn(CCCN(C)C(=O)OC(C)(C)C)c2ccc(F)cc12. The van der Waals surface area contributed by atoms with Crippen molar-refractivity contribution in [1.82, 2.24) is 14.7 Å². The molecule has 1 aromatic carbocycles. The van der Waals surface area contributed by atoms with Crippen LogP contribution < -0.4 is 0 Å². The number of hydrogen-bond donors (Lipinski definition) is 0. The quantitative estimate of drug-likeness (QED) is 0.862. The fraction of sp³-hybridized carbons (Fsp3) is 0.529. The van der Waals surface area contributed by atoms with Gasteiger partial charge in [-0.25, -0.2) is 9.18 Å². The molecule has 0 saturated heterocycles. The van der Waals surface area contributed by atoms with Crippen LogP contribution in [0.15, 0.2) is 18.2 Å². The van der Waals surface area contributed by atoms with Crippen LogP contribution in [0.4, 0.5) is 9.18 Å². The molecule has 0 spiro atoms. The molecule has 0 N–H and O–H groups in total. The standard InChI is InChI=1S/C17H24FN3O2/c1-12-14-11-13(18)7-8-15(14)21(19-12)10-6-9-20(5)16(22)23-17(2,3)4/h7-8,11H,6,9-10H2,1-5H3. The van der Waals surface area contributed by atoms with E-state index in [9.17, 15) is 9.18 Å². The van der Waals surface area contributed by atoms with E-state index in [1.165, 1.54) is 12.1 Å². The summed E-state index contributed by atoms with van der Waals surface area (Å²) >= 11 is 0. The van der Waals surface area contributed by atoms with Crippen molar-refractivity contribution in [3.05, 3.63) is 29.7 Å². The zero-order chi connectivity index (χ0) is 17.2. The normalized spacial score (nSPS) is 11.7. The van der Waals surface area contributed by atoms with Crippen molar-refractivity contribution in [3.8, 4) is 0 Å². The first kappa shape index (κ1) is 17.2. The number of carbonyl (C=O) groups excluding carboxylic acids is 1. The van der Waals surface area contributed by atoms with Gasteiger partial charge in [-0.3, -0.25) is 4.68 Å². The molecule has 0 bridgehead atoms. The first-order valence-corrected chi connectivity index (χ1v) is 7.74. The number of ether oxygens (including phenoxy) is 1. The van der Waals surface area contributed by atoms with Crippen molar-refractivity contribution < 1.29 is 13.9 Å². The molecule has 5 nitrogen and oxygen atoms in total. The molecule has 2 rings (SSSR count). The largest absolute Gasteiger partial charge is 0.444 e. The maximum absolute atomic E-state index is 13.3. The predicted molar refractivity (Wildman–Crippen MR) is 87.9 cm³/mol. The van der Waals surface area contributed by atoms with E-state index in [-0.39, 0.29) is 11.9 Å². The molecule has 2 aromatic rings. The molecule has 1 aromatic heterocycles. The van der Waals surface area contributed by atoms with Gasteiger partial charge in [-0.2, -0.15) is 5.10 Å². The van der Waals surface area contributed by atoms with E-state index in [1.54, 1.807) is 18.0 Å². The summed E-state index contributed by atoms with van der Waals surface area (Å²) in [5.74, 6) is -0.259. The minimum absolute atomic E-state index is 0.259. The van der Waals surface area contributed by atoms with Crippen LogP contribution in [0.5, 0.6) is 0 Å². The third-order valence-corrected chi connectivity index (χ3v) is 3.47. The van der Waals surface area contributed by atoms with Gasteiger partial charge in [0, 0.05) is 25.5 Å². The molecule has 0 aliphatic rings. The Bertz CT molecular complexity index is 704. The number of halogens is 1. The average Bonchev–Trinajstić information content (AvgIpc) is 2.73. The van der Waals surface area contributed by atoms with Crippen molar-refractivity contribution in [2.24, 2.45) is 0 Å². The molecule has 0 unspecified atom stereocenters. The lowest BCUT2D eigenvalue weighted by molar-refractivity contribution is 0.0295. The van der Waals surface area contributed by atoms with Crippen LogP contribution in [-0.2, 0) is 11.3 Å². The lowest BCUT2D eigenvalue weighted by Gasteiger charge is -2.24. The van der Waals surface area contributed by atoms with Crippen LogP contribution in [0, 0.1) is 12.7 Å². The van der Waals surface area contributed by atoms with E-state index in [4.69, 9.17) is 4.74 Å². The zero-order valence-corrected chi connectivity index (χ0v) is 14.4. The smallest absolute Gasteiger partial charge is 0.410 e. The Morgan fingerprint density at radius 2 is 2.09 bits per heavy atom. The molecular weight excluding hydrogens is 297 g/mol. The van der Waals surface area contributed by atoms with Gasteiger partial charge in [-0.15, -0.1) is 0 Å². The molecule has 23 heavy (non-hydrogen) atoms. The van der Waals surface area contributed by atoms with Crippen LogP contribution in [0.2, 0.25) is 0 Å². The van der Waals surface area contributed by atoms with E-state index in [1.807, 2.05) is 32.4 Å². The highest BCUT2D eigenvalue weighted by Crippen LogP contribution is 2.19. The van der Waals surface area contributed by atoms with Crippen molar-refractivity contribution in [2.45, 2.75) is 46.3 Å². The van der Waals surface area contributed by atoms with Gasteiger partial charge in [-0.05, 0) is 52.3 Å². The van der Waals surface area contributed by atoms with E-state index >= 15 is 0 Å². The summed E-state index contributed by atoms with van der Waals surface area (Å²) in [5, 5.41) is 5.27. The summed E-state index contributed by atoms with van der Waals surface area (Å²) in [6.45, 7) is 8.62. The van der Waals surface area contributed by atoms with E-state index in [2.05, 4.69) is 5.10 Å². The highest BCUT2D eigenvalue weighted by molar-refractivity contribution is 5.81. The number of aryl methyl sites for hydroxylation is 2. The molecule has 0 fully saturated rings. The summed E-state index contributed by atoms with van der Waals surface area (Å²) < 4.78 is 20.5. The third-order valence-electron chi connectivity index (χ3n) is 3.47. The minimum Gasteiger partial charge on any atom is -0.444 e. The number of hydrogen-bond acceptors (Lipinski definition) is 3. The Balaban J connectivity index is 1.96. The summed E-state index contributed by atoms with van der Waals surface area (Å²) in [6, 6.07) is 4.68. The van der Waals surface area contributed by atoms with Gasteiger partial charge in [0.25, 0.3) is 0 Å². The lowest BCUT2D eigenvalue weighted by Crippen LogP contribution is -2.35. The number of amides is 1. The fourth-order valence-corrected chi connectivity index (χ4v) is 2.37. The minimum atomic E-state index is -0.495. The van der Waals surface area contributed by atoms with E-state index < -0.39 is 5.60 Å². The van der Waals surface area contributed by atoms with Gasteiger partial charge >= 0.3 is 6.09 Å². The second-order valence-corrected chi connectivity index (χ2v) is 6.73. The Kier molecular flexibility index (Phi) is 4.92. The monoisotopic (exact) mass is 321 g/mol. The number of rotatable bonds is 4. The first-order valence-electron chi connectivity index (χ1n) is 7.74. The second-order valence-electron chi connectivity index (χ2n) is 6.73. The summed E-state index contributed by atoms with van der Waals surface area (Å²) in [4.78, 5) is 13.5. The fourth-order valence-electron chi connectivity index (χ4n) is 2.37. The van der Waals surface area contributed by atoms with Gasteiger partial charge in [0.05, 0.1) is 11.2 Å². The Morgan fingerprint density at radius 3 is 2.74 bits per heavy atom. The Hall–Kier alpha value is -2.11. The molecule has 0 radical (unpaired) electrons. The lowest BCUT2D eigenvalue weighted by atomic mass is 10.2. The van der Waals surface area contributed by atoms with Crippen molar-refractivity contribution in [3.63, 3.8) is 0 Å². The van der Waals surface area contributed by atoms with Crippen LogP contribution in [0.1, 0.15) is 32.9 Å². The molecular formula is C17H24FN3O2. The Morgan fingerprint density at radius 1 is 1.39 bits per heavy atom. The molecule has 126 valence electrons. The first-order chi connectivity index (χ1) is 10.7. The third kappa shape index (κ3) is 4.43. The van der Waals surface area contributed by atoms with Gasteiger partial charge in [0.1, 0.15) is 11.4 Å². The summed E-state index contributed by atoms with van der Waals surface area (Å²) in [7, 11) is 1.72. The average molecular weight is 321 g/mol. The zero-order valence-electron chi connectivity index (χ0n) is 14.4. The van der Waals surface area contributed by atoms with Crippen molar-refractivity contribution >= 4 is 17.0 Å². The highest BCUT2D eigenvalue weighted by atomic mass is 19.1. The number of benzene rings is 1. The molecule has 0 atom stereocenters. The predicted octanol–water partition coefficient (Wildman–Crippen LogP) is 3.74. The van der Waals surface area contributed by atoms with Gasteiger partial charge < -0.3 is 9.64 Å². The number of aromatic nitrogens is 2. The molecule has 1 heterocycles. The number of nitrogens with zero attached hydrogens (tertiary/aromatic N) is 3. The van der Waals surface area contributed by atoms with E-state index in [0.29, 0.717) is 13.1 Å². The maximum Gasteiger partial charge on any atom is 0.410 e. The van der Waals surface area contributed by atoms with Crippen LogP contribution >= 0.6 is 0 Å². The topological polar surface area (TPSA) is 47.4 Å². The van der Waals surface area contributed by atoms with Gasteiger partial charge in [-0.1, -0.05) is 0 Å². The molecule has 0 saturated carbocycles. The molecule has 0 aliphatic heterocycles. The second kappa shape index (κ2) is 6.56. The maximum atomic E-state index is 13.3. The number of fused-ring (bicyclic) bond motifs is 1. The molecule has 6 heteroatoms. The highest BCUT2D eigenvalue weighted by Gasteiger charge is 2.19. The summed E-state index contributed by atoms with van der Waals surface area (Å²) in [5.41, 5.74) is 1.22. The molecule has 0 aliphatic carbocycles.